The molecule has 0 saturated carbocycles. The Balaban J connectivity index is 2.17. The lowest BCUT2D eigenvalue weighted by Crippen LogP contribution is -2.25. The van der Waals surface area contributed by atoms with E-state index in [4.69, 9.17) is 5.73 Å². The molecule has 1 saturated heterocycles. The Labute approximate surface area is 104 Å². The second-order valence-electron chi connectivity index (χ2n) is 5.20. The van der Waals surface area contributed by atoms with Gasteiger partial charge < -0.3 is 10.6 Å². The molecule has 1 aromatic rings. The fourth-order valence-electron chi connectivity index (χ4n) is 2.49. The van der Waals surface area contributed by atoms with E-state index in [1.807, 2.05) is 6.92 Å². The van der Waals surface area contributed by atoms with Gasteiger partial charge in [0.05, 0.1) is 0 Å². The Morgan fingerprint density at radius 3 is 2.94 bits per heavy atom. The highest BCUT2D eigenvalue weighted by atomic mass is 15.2. The number of aromatic nitrogens is 1. The third kappa shape index (κ3) is 3.19. The van der Waals surface area contributed by atoms with E-state index in [0.717, 1.165) is 30.5 Å². The summed E-state index contributed by atoms with van der Waals surface area (Å²) in [5.41, 5.74) is 7.98. The fourth-order valence-corrected chi connectivity index (χ4v) is 2.49. The largest absolute Gasteiger partial charge is 0.357 e. The summed E-state index contributed by atoms with van der Waals surface area (Å²) in [5.74, 6) is 1.96. The lowest BCUT2D eigenvalue weighted by molar-refractivity contribution is 0.521. The van der Waals surface area contributed by atoms with Crippen LogP contribution in [-0.4, -0.2) is 18.1 Å². The average Bonchev–Trinajstić information content (AvgIpc) is 2.53. The molecular formula is C14H23N3. The van der Waals surface area contributed by atoms with Crippen molar-refractivity contribution in [3.05, 3.63) is 23.4 Å². The van der Waals surface area contributed by atoms with Crippen molar-refractivity contribution < 1.29 is 0 Å². The molecular weight excluding hydrogens is 210 g/mol. The highest BCUT2D eigenvalue weighted by molar-refractivity contribution is 5.42. The van der Waals surface area contributed by atoms with Gasteiger partial charge in [0.1, 0.15) is 5.82 Å². The van der Waals surface area contributed by atoms with Crippen LogP contribution in [0.15, 0.2) is 12.1 Å². The summed E-state index contributed by atoms with van der Waals surface area (Å²) in [5, 5.41) is 0. The molecule has 0 bridgehead atoms. The minimum atomic E-state index is 0.598. The summed E-state index contributed by atoms with van der Waals surface area (Å²) < 4.78 is 0. The zero-order chi connectivity index (χ0) is 12.3. The molecule has 1 atom stereocenters. The van der Waals surface area contributed by atoms with Crippen molar-refractivity contribution in [2.45, 2.75) is 39.7 Å². The summed E-state index contributed by atoms with van der Waals surface area (Å²) in [6, 6.07) is 4.22. The van der Waals surface area contributed by atoms with E-state index < -0.39 is 0 Å². The number of anilines is 1. The molecule has 0 aliphatic carbocycles. The molecule has 1 aliphatic heterocycles. The van der Waals surface area contributed by atoms with Gasteiger partial charge in [0.25, 0.3) is 0 Å². The van der Waals surface area contributed by atoms with Crippen LogP contribution in [0.1, 0.15) is 37.4 Å². The van der Waals surface area contributed by atoms with Gasteiger partial charge >= 0.3 is 0 Å². The van der Waals surface area contributed by atoms with Crippen molar-refractivity contribution in [1.82, 2.24) is 4.98 Å². The normalized spacial score (nSPS) is 21.4. The van der Waals surface area contributed by atoms with Gasteiger partial charge in [-0.3, -0.25) is 0 Å². The van der Waals surface area contributed by atoms with Crippen LogP contribution in [0.2, 0.25) is 0 Å². The molecule has 3 heteroatoms. The number of hydrogen-bond donors (Lipinski definition) is 1. The number of aryl methyl sites for hydroxylation is 1. The molecule has 0 amide bonds. The second-order valence-corrected chi connectivity index (χ2v) is 5.20. The van der Waals surface area contributed by atoms with Gasteiger partial charge in [0, 0.05) is 25.3 Å². The predicted octanol–water partition coefficient (Wildman–Crippen LogP) is 2.48. The molecule has 2 rings (SSSR count). The molecule has 1 aromatic heterocycles. The van der Waals surface area contributed by atoms with Crippen LogP contribution in [0.25, 0.3) is 0 Å². The quantitative estimate of drug-likeness (QED) is 0.853. The zero-order valence-corrected chi connectivity index (χ0v) is 10.9. The first-order valence-corrected chi connectivity index (χ1v) is 6.61. The van der Waals surface area contributed by atoms with Crippen molar-refractivity contribution >= 4 is 5.82 Å². The zero-order valence-electron chi connectivity index (χ0n) is 10.9. The third-order valence-corrected chi connectivity index (χ3v) is 3.58. The van der Waals surface area contributed by atoms with Gasteiger partial charge in [-0.05, 0) is 49.8 Å². The number of rotatable bonds is 2. The number of nitrogens with two attached hydrogens (primary N) is 1. The highest BCUT2D eigenvalue weighted by Crippen LogP contribution is 2.22. The van der Waals surface area contributed by atoms with Crippen LogP contribution >= 0.6 is 0 Å². The van der Waals surface area contributed by atoms with Crippen molar-refractivity contribution in [2.75, 3.05) is 18.0 Å². The molecule has 94 valence electrons. The smallest absolute Gasteiger partial charge is 0.129 e. The number of hydrogen-bond acceptors (Lipinski definition) is 3. The van der Waals surface area contributed by atoms with Crippen molar-refractivity contribution in [1.29, 1.82) is 0 Å². The van der Waals surface area contributed by atoms with E-state index >= 15 is 0 Å². The van der Waals surface area contributed by atoms with E-state index in [2.05, 4.69) is 28.9 Å². The van der Waals surface area contributed by atoms with Crippen LogP contribution in [-0.2, 0) is 6.54 Å². The summed E-state index contributed by atoms with van der Waals surface area (Å²) in [4.78, 5) is 7.05. The Morgan fingerprint density at radius 2 is 2.18 bits per heavy atom. The van der Waals surface area contributed by atoms with Crippen molar-refractivity contribution in [3.8, 4) is 0 Å². The molecule has 3 nitrogen and oxygen atoms in total. The van der Waals surface area contributed by atoms with Crippen LogP contribution in [0.4, 0.5) is 5.82 Å². The van der Waals surface area contributed by atoms with E-state index in [0.29, 0.717) is 6.54 Å². The maximum Gasteiger partial charge on any atom is 0.129 e. The van der Waals surface area contributed by atoms with E-state index in [1.54, 1.807) is 0 Å². The Hall–Kier alpha value is -1.09. The molecule has 0 radical (unpaired) electrons. The summed E-state index contributed by atoms with van der Waals surface area (Å²) in [7, 11) is 0. The van der Waals surface area contributed by atoms with Gasteiger partial charge in [0.2, 0.25) is 0 Å². The lowest BCUT2D eigenvalue weighted by Gasteiger charge is -2.22. The van der Waals surface area contributed by atoms with Gasteiger partial charge in [-0.15, -0.1) is 0 Å². The molecule has 17 heavy (non-hydrogen) atoms. The van der Waals surface area contributed by atoms with Gasteiger partial charge in [-0.2, -0.15) is 0 Å². The van der Waals surface area contributed by atoms with Crippen LogP contribution < -0.4 is 10.6 Å². The van der Waals surface area contributed by atoms with Crippen LogP contribution in [0.5, 0.6) is 0 Å². The van der Waals surface area contributed by atoms with Crippen LogP contribution in [0.3, 0.4) is 0 Å². The molecule has 2 heterocycles. The molecule has 1 aliphatic rings. The molecule has 1 unspecified atom stereocenters. The summed E-state index contributed by atoms with van der Waals surface area (Å²) >= 11 is 0. The van der Waals surface area contributed by atoms with Gasteiger partial charge in [-0.25, -0.2) is 4.98 Å². The monoisotopic (exact) mass is 233 g/mol. The minimum absolute atomic E-state index is 0.598. The topological polar surface area (TPSA) is 42.1 Å². The number of nitrogens with zero attached hydrogens (tertiary/aromatic N) is 2. The van der Waals surface area contributed by atoms with Gasteiger partial charge in [-0.1, -0.05) is 6.92 Å². The average molecular weight is 233 g/mol. The number of pyridine rings is 1. The Bertz CT molecular complexity index is 376. The predicted molar refractivity (Wildman–Crippen MR) is 72.1 cm³/mol. The van der Waals surface area contributed by atoms with Crippen molar-refractivity contribution in [3.63, 3.8) is 0 Å². The lowest BCUT2D eigenvalue weighted by atomic mass is 10.0. The van der Waals surface area contributed by atoms with Crippen molar-refractivity contribution in [2.24, 2.45) is 11.7 Å². The molecule has 0 aromatic carbocycles. The van der Waals surface area contributed by atoms with Crippen LogP contribution in [0, 0.1) is 12.8 Å². The summed E-state index contributed by atoms with van der Waals surface area (Å²) in [6.07, 6.45) is 3.88. The first-order valence-electron chi connectivity index (χ1n) is 6.61. The SMILES string of the molecule is Cc1cc(CN)cc(N2CCCC(C)CC2)n1. The minimum Gasteiger partial charge on any atom is -0.357 e. The maximum atomic E-state index is 5.72. The Morgan fingerprint density at radius 1 is 1.35 bits per heavy atom. The third-order valence-electron chi connectivity index (χ3n) is 3.58. The molecule has 0 spiro atoms. The first-order chi connectivity index (χ1) is 8.19. The first kappa shape index (κ1) is 12.4. The fraction of sp³-hybridized carbons (Fsp3) is 0.643. The van der Waals surface area contributed by atoms with Gasteiger partial charge in [0.15, 0.2) is 0 Å². The maximum absolute atomic E-state index is 5.72. The Kier molecular flexibility index (Phi) is 4.00. The highest BCUT2D eigenvalue weighted by Gasteiger charge is 2.15. The summed E-state index contributed by atoms with van der Waals surface area (Å²) in [6.45, 7) is 7.24. The standard InChI is InChI=1S/C14H23N3/c1-11-4-3-6-17(7-5-11)14-9-13(10-15)8-12(2)16-14/h8-9,11H,3-7,10,15H2,1-2H3. The molecule has 2 N–H and O–H groups in total. The van der Waals surface area contributed by atoms with E-state index in [-0.39, 0.29) is 0 Å². The van der Waals surface area contributed by atoms with E-state index in [1.165, 1.54) is 24.8 Å². The molecule has 1 fully saturated rings. The second kappa shape index (κ2) is 5.50. The van der Waals surface area contributed by atoms with E-state index in [9.17, 15) is 0 Å².